The first-order valence-electron chi connectivity index (χ1n) is 15.6. The van der Waals surface area contributed by atoms with Gasteiger partial charge in [-0.3, -0.25) is 24.0 Å². The van der Waals surface area contributed by atoms with Crippen molar-refractivity contribution in [3.63, 3.8) is 0 Å². The number of Topliss-reactive ketones (excluding diaryl/α,β-unsaturated/α-hetero) is 1. The molecule has 46 heavy (non-hydrogen) atoms. The first-order valence-corrected chi connectivity index (χ1v) is 15.6. The molecular formula is C31H49F3N6O6. The quantitative estimate of drug-likeness (QED) is 0.262. The van der Waals surface area contributed by atoms with Crippen molar-refractivity contribution in [2.24, 2.45) is 39.7 Å². The maximum Gasteiger partial charge on any atom is 0.471 e. The van der Waals surface area contributed by atoms with Crippen molar-refractivity contribution in [3.8, 4) is 0 Å². The highest BCUT2D eigenvalue weighted by atomic mass is 19.4. The van der Waals surface area contributed by atoms with E-state index in [1.807, 2.05) is 13.8 Å². The van der Waals surface area contributed by atoms with Gasteiger partial charge in [0.2, 0.25) is 17.6 Å². The standard InChI is InChI=1S/C31H49F3N6O6/c1-28(2,3)17(14-39(9)26(45)31(32,33)34)36-27(46)38-22(29(4,5)6)25(44)40-13-16-18(30(16,7)8)20(40)24(43)37-19(15-11-10-12-15)21(41)23(35)42/h15-20,22H,10-14H2,1-9H3,(H2,35,42)(H,37,43)(H2,36,38,46)/t16-,17+,18-,19?,20-,22+/m0/s1. The average molecular weight is 659 g/mol. The Hall–Kier alpha value is -3.39. The first-order chi connectivity index (χ1) is 20.8. The van der Waals surface area contributed by atoms with Crippen LogP contribution in [-0.4, -0.2) is 95.7 Å². The number of urea groups is 1. The highest BCUT2D eigenvalue weighted by Gasteiger charge is 2.70. The van der Waals surface area contributed by atoms with E-state index in [1.165, 1.54) is 4.90 Å². The van der Waals surface area contributed by atoms with Gasteiger partial charge in [-0.1, -0.05) is 61.8 Å². The minimum Gasteiger partial charge on any atom is -0.363 e. The zero-order valence-electron chi connectivity index (χ0n) is 28.1. The van der Waals surface area contributed by atoms with Gasteiger partial charge < -0.3 is 31.5 Å². The fourth-order valence-electron chi connectivity index (χ4n) is 6.63. The van der Waals surface area contributed by atoms with Gasteiger partial charge in [-0.15, -0.1) is 0 Å². The molecule has 0 aromatic rings. The fourth-order valence-corrected chi connectivity index (χ4v) is 6.63. The Morgan fingerprint density at radius 1 is 0.935 bits per heavy atom. The number of carbonyl (C=O) groups excluding carboxylic acids is 6. The van der Waals surface area contributed by atoms with Gasteiger partial charge in [0.25, 0.3) is 5.91 Å². The molecule has 3 aliphatic rings. The predicted molar refractivity (Wildman–Crippen MR) is 162 cm³/mol. The number of ketones is 1. The molecule has 3 rings (SSSR count). The van der Waals surface area contributed by atoms with E-state index in [1.54, 1.807) is 41.5 Å². The Morgan fingerprint density at radius 2 is 1.50 bits per heavy atom. The summed E-state index contributed by atoms with van der Waals surface area (Å²) in [6.07, 6.45) is -2.94. The molecule has 5 N–H and O–H groups in total. The van der Waals surface area contributed by atoms with Crippen molar-refractivity contribution in [1.82, 2.24) is 25.8 Å². The molecule has 1 aliphatic heterocycles. The van der Waals surface area contributed by atoms with Gasteiger partial charge in [-0.05, 0) is 46.8 Å². The molecule has 1 saturated heterocycles. The van der Waals surface area contributed by atoms with Crippen LogP contribution in [0.25, 0.3) is 0 Å². The van der Waals surface area contributed by atoms with Crippen molar-refractivity contribution in [3.05, 3.63) is 0 Å². The molecule has 260 valence electrons. The Kier molecular flexibility index (Phi) is 10.2. The van der Waals surface area contributed by atoms with Gasteiger partial charge in [0.05, 0.1) is 6.04 Å². The maximum atomic E-state index is 14.2. The molecule has 0 aromatic heterocycles. The molecule has 15 heteroatoms. The number of nitrogens with one attached hydrogen (secondary N) is 3. The zero-order chi connectivity index (χ0) is 35.3. The van der Waals surface area contributed by atoms with E-state index in [-0.39, 0.29) is 29.7 Å². The molecule has 12 nitrogen and oxygen atoms in total. The summed E-state index contributed by atoms with van der Waals surface area (Å²) in [5.41, 5.74) is 3.37. The van der Waals surface area contributed by atoms with Crippen LogP contribution < -0.4 is 21.7 Å². The number of nitrogens with zero attached hydrogens (tertiary/aromatic N) is 2. The number of amides is 6. The molecule has 0 radical (unpaired) electrons. The number of alkyl halides is 3. The van der Waals surface area contributed by atoms with Crippen LogP contribution in [0.3, 0.4) is 0 Å². The summed E-state index contributed by atoms with van der Waals surface area (Å²) >= 11 is 0. The molecule has 6 amide bonds. The molecule has 1 heterocycles. The van der Waals surface area contributed by atoms with Crippen LogP contribution in [0.1, 0.15) is 74.7 Å². The number of likely N-dealkylation sites (tertiary alicyclic amines) is 1. The smallest absolute Gasteiger partial charge is 0.363 e. The number of hydrogen-bond donors (Lipinski definition) is 4. The van der Waals surface area contributed by atoms with Gasteiger partial charge >= 0.3 is 18.1 Å². The van der Waals surface area contributed by atoms with Crippen LogP contribution in [0, 0.1) is 34.0 Å². The van der Waals surface area contributed by atoms with Crippen LogP contribution in [0.2, 0.25) is 0 Å². The first kappa shape index (κ1) is 37.1. The summed E-state index contributed by atoms with van der Waals surface area (Å²) in [4.78, 5) is 79.4. The summed E-state index contributed by atoms with van der Waals surface area (Å²) in [6.45, 7) is 14.0. The van der Waals surface area contributed by atoms with Crippen LogP contribution in [-0.2, 0) is 24.0 Å². The fraction of sp³-hybridized carbons (Fsp3) is 0.806. The van der Waals surface area contributed by atoms with Crippen molar-refractivity contribution >= 4 is 35.4 Å². The second-order valence-electron chi connectivity index (χ2n) is 15.8. The lowest BCUT2D eigenvalue weighted by Gasteiger charge is -2.39. The second-order valence-corrected chi connectivity index (χ2v) is 15.8. The van der Waals surface area contributed by atoms with Crippen LogP contribution in [0.4, 0.5) is 18.0 Å². The molecule has 0 bridgehead atoms. The number of primary amides is 1. The Bertz CT molecular complexity index is 1250. The molecular weight excluding hydrogens is 609 g/mol. The number of halogens is 3. The third kappa shape index (κ3) is 7.76. The lowest BCUT2D eigenvalue weighted by Crippen LogP contribution is -2.63. The summed E-state index contributed by atoms with van der Waals surface area (Å²) in [5.74, 6) is -5.65. The highest BCUT2D eigenvalue weighted by Crippen LogP contribution is 2.65. The number of carbonyl (C=O) groups is 6. The van der Waals surface area contributed by atoms with Crippen LogP contribution in [0.15, 0.2) is 0 Å². The van der Waals surface area contributed by atoms with E-state index in [4.69, 9.17) is 5.73 Å². The topological polar surface area (TPSA) is 171 Å². The van der Waals surface area contributed by atoms with Gasteiger partial charge in [-0.2, -0.15) is 13.2 Å². The van der Waals surface area contributed by atoms with Crippen LogP contribution >= 0.6 is 0 Å². The minimum absolute atomic E-state index is 0.0115. The van der Waals surface area contributed by atoms with E-state index in [9.17, 15) is 41.9 Å². The summed E-state index contributed by atoms with van der Waals surface area (Å²) < 4.78 is 39.1. The van der Waals surface area contributed by atoms with Crippen molar-refractivity contribution < 1.29 is 41.9 Å². The molecule has 2 saturated carbocycles. The summed E-state index contributed by atoms with van der Waals surface area (Å²) in [5, 5.41) is 8.04. The molecule has 1 unspecified atom stereocenters. The van der Waals surface area contributed by atoms with Gasteiger partial charge in [-0.25, -0.2) is 4.79 Å². The lowest BCUT2D eigenvalue weighted by atomic mass is 9.78. The third-order valence-electron chi connectivity index (χ3n) is 9.99. The highest BCUT2D eigenvalue weighted by molar-refractivity contribution is 6.38. The Morgan fingerprint density at radius 3 is 1.93 bits per heavy atom. The monoisotopic (exact) mass is 658 g/mol. The van der Waals surface area contributed by atoms with Gasteiger partial charge in [0.1, 0.15) is 18.1 Å². The van der Waals surface area contributed by atoms with Gasteiger partial charge in [0, 0.05) is 20.1 Å². The van der Waals surface area contributed by atoms with E-state index < -0.39 is 83.2 Å². The maximum absolute atomic E-state index is 14.2. The number of piperidine rings is 1. The molecule has 3 fully saturated rings. The average Bonchev–Trinajstić information content (AvgIpc) is 3.19. The minimum atomic E-state index is -5.08. The molecule has 0 aromatic carbocycles. The molecule has 6 atom stereocenters. The summed E-state index contributed by atoms with van der Waals surface area (Å²) in [7, 11) is 0.994. The van der Waals surface area contributed by atoms with Crippen LogP contribution in [0.5, 0.6) is 0 Å². The van der Waals surface area contributed by atoms with E-state index >= 15 is 0 Å². The van der Waals surface area contributed by atoms with E-state index in [0.29, 0.717) is 17.7 Å². The number of fused-ring (bicyclic) bond motifs is 1. The lowest BCUT2D eigenvalue weighted by molar-refractivity contribution is -0.184. The van der Waals surface area contributed by atoms with Crippen molar-refractivity contribution in [2.45, 2.75) is 105 Å². The van der Waals surface area contributed by atoms with Gasteiger partial charge in [0.15, 0.2) is 0 Å². The SMILES string of the molecule is CN(C[C@@H](NC(=O)N[C@H](C(=O)N1C[C@H]2[C@@H]([C@H]1C(=O)NC(C(=O)C(N)=O)C1CCC1)C2(C)C)C(C)(C)C)C(C)(C)C)C(=O)C(F)(F)F. The summed E-state index contributed by atoms with van der Waals surface area (Å²) in [6, 6.07) is -4.97. The third-order valence-corrected chi connectivity index (χ3v) is 9.99. The normalized spacial score (nSPS) is 24.4. The zero-order valence-corrected chi connectivity index (χ0v) is 28.1. The number of likely N-dealkylation sites (N-methyl/N-ethyl adjacent to an activating group) is 1. The van der Waals surface area contributed by atoms with Crippen molar-refractivity contribution in [1.29, 1.82) is 0 Å². The molecule has 2 aliphatic carbocycles. The molecule has 0 spiro atoms. The van der Waals surface area contributed by atoms with E-state index in [2.05, 4.69) is 16.0 Å². The predicted octanol–water partition coefficient (Wildman–Crippen LogP) is 1.96. The Labute approximate surface area is 268 Å². The second kappa shape index (κ2) is 12.7. The van der Waals surface area contributed by atoms with E-state index in [0.717, 1.165) is 13.5 Å². The number of hydrogen-bond acceptors (Lipinski definition) is 6. The number of nitrogens with two attached hydrogens (primary N) is 1. The number of rotatable bonds is 10. The Balaban J connectivity index is 1.82. The van der Waals surface area contributed by atoms with Crippen molar-refractivity contribution in [2.75, 3.05) is 20.1 Å². The largest absolute Gasteiger partial charge is 0.471 e.